The zero-order valence-corrected chi connectivity index (χ0v) is 19.9. The third kappa shape index (κ3) is 4.45. The highest BCUT2D eigenvalue weighted by molar-refractivity contribution is 7.17. The van der Waals surface area contributed by atoms with Crippen LogP contribution in [0.2, 0.25) is 5.02 Å². The normalized spacial score (nSPS) is 12.7. The van der Waals surface area contributed by atoms with Crippen molar-refractivity contribution in [1.82, 2.24) is 9.55 Å². The molecule has 2 aromatic carbocycles. The van der Waals surface area contributed by atoms with Gasteiger partial charge in [-0.25, -0.2) is 4.98 Å². The molecule has 0 saturated carbocycles. The quantitative estimate of drug-likeness (QED) is 0.339. The van der Waals surface area contributed by atoms with E-state index < -0.39 is 29.2 Å². The van der Waals surface area contributed by atoms with Gasteiger partial charge in [-0.2, -0.15) is 13.2 Å². The second kappa shape index (κ2) is 8.88. The van der Waals surface area contributed by atoms with Gasteiger partial charge in [0.25, 0.3) is 5.56 Å². The van der Waals surface area contributed by atoms with Crippen LogP contribution < -0.4 is 10.9 Å². The number of benzene rings is 2. The van der Waals surface area contributed by atoms with Crippen LogP contribution in [0.15, 0.2) is 52.9 Å². The average Bonchev–Trinajstić information content (AvgIpc) is 3.19. The third-order valence-corrected chi connectivity index (χ3v) is 6.76. The summed E-state index contributed by atoms with van der Waals surface area (Å²) in [7, 11) is 0. The maximum absolute atomic E-state index is 13.4. The van der Waals surface area contributed by atoms with Gasteiger partial charge in [0.15, 0.2) is 0 Å². The number of hydrogen-bond donors (Lipinski definition) is 1. The molecular weight excluding hydrogens is 487 g/mol. The minimum atomic E-state index is -4.59. The molecule has 0 saturated heterocycles. The Morgan fingerprint density at radius 1 is 1.15 bits per heavy atom. The van der Waals surface area contributed by atoms with Crippen molar-refractivity contribution in [3.63, 3.8) is 0 Å². The van der Waals surface area contributed by atoms with Crippen molar-refractivity contribution < 1.29 is 18.0 Å². The predicted octanol–water partition coefficient (Wildman–Crippen LogP) is 6.61. The number of rotatable bonds is 4. The summed E-state index contributed by atoms with van der Waals surface area (Å²) >= 11 is 7.31. The highest BCUT2D eigenvalue weighted by atomic mass is 35.5. The molecule has 1 amide bonds. The Bertz CT molecular complexity index is 1480. The number of nitrogens with one attached hydrogen (secondary N) is 1. The van der Waals surface area contributed by atoms with Crippen LogP contribution in [0, 0.1) is 13.8 Å². The smallest absolute Gasteiger partial charge is 0.323 e. The molecule has 0 spiro atoms. The fourth-order valence-corrected chi connectivity index (χ4v) is 4.76. The average molecular weight is 506 g/mol. The Labute approximate surface area is 201 Å². The number of anilines is 1. The number of thiophene rings is 1. The SMILES string of the molecule is Cc1ccc(-c2csc3ncn(C(C)C(=O)Nc4cc(C(F)(F)F)ccc4Cl)c(=O)c23)c(C)c1. The molecule has 4 aromatic rings. The van der Waals surface area contributed by atoms with Crippen LogP contribution in [-0.2, 0) is 11.0 Å². The Balaban J connectivity index is 1.71. The standard InChI is InChI=1S/C24H19ClF3N3O2S/c1-12-4-6-16(13(2)8-12)17-10-34-22-20(17)23(33)31(11-29-22)14(3)21(32)30-19-9-15(24(26,27)28)5-7-18(19)25/h4-11,14H,1-3H3,(H,30,32). The monoisotopic (exact) mass is 505 g/mol. The zero-order valence-electron chi connectivity index (χ0n) is 18.3. The number of nitrogens with zero attached hydrogens (tertiary/aromatic N) is 2. The van der Waals surface area contributed by atoms with Crippen LogP contribution in [-0.4, -0.2) is 15.5 Å². The minimum absolute atomic E-state index is 0.0514. The highest BCUT2D eigenvalue weighted by Gasteiger charge is 2.31. The summed E-state index contributed by atoms with van der Waals surface area (Å²) in [5, 5.41) is 4.59. The number of carbonyl (C=O) groups is 1. The van der Waals surface area contributed by atoms with Gasteiger partial charge < -0.3 is 5.32 Å². The van der Waals surface area contributed by atoms with Crippen LogP contribution in [0.3, 0.4) is 0 Å². The lowest BCUT2D eigenvalue weighted by Crippen LogP contribution is -2.31. The third-order valence-electron chi connectivity index (χ3n) is 5.54. The van der Waals surface area contributed by atoms with Crippen molar-refractivity contribution >= 4 is 44.7 Å². The lowest BCUT2D eigenvalue weighted by molar-refractivity contribution is -0.137. The number of fused-ring (bicyclic) bond motifs is 1. The second-order valence-corrected chi connectivity index (χ2v) is 9.23. The van der Waals surface area contributed by atoms with E-state index in [1.54, 1.807) is 0 Å². The summed E-state index contributed by atoms with van der Waals surface area (Å²) < 4.78 is 40.3. The number of aryl methyl sites for hydroxylation is 2. The van der Waals surface area contributed by atoms with Crippen molar-refractivity contribution in [2.45, 2.75) is 33.0 Å². The van der Waals surface area contributed by atoms with Gasteiger partial charge in [0.2, 0.25) is 5.91 Å². The van der Waals surface area contributed by atoms with E-state index in [-0.39, 0.29) is 10.7 Å². The number of carbonyl (C=O) groups excluding carboxylic acids is 1. The number of aromatic nitrogens is 2. The topological polar surface area (TPSA) is 64.0 Å². The number of hydrogen-bond acceptors (Lipinski definition) is 4. The largest absolute Gasteiger partial charge is 0.416 e. The van der Waals surface area contributed by atoms with E-state index in [0.717, 1.165) is 40.5 Å². The molecule has 0 aliphatic rings. The molecule has 2 aromatic heterocycles. The van der Waals surface area contributed by atoms with Crippen molar-refractivity contribution in [2.24, 2.45) is 0 Å². The number of halogens is 4. The molecule has 5 nitrogen and oxygen atoms in total. The lowest BCUT2D eigenvalue weighted by Gasteiger charge is -2.17. The first-order valence-electron chi connectivity index (χ1n) is 10.2. The first-order valence-corrected chi connectivity index (χ1v) is 11.5. The predicted molar refractivity (Wildman–Crippen MR) is 129 cm³/mol. The van der Waals surface area contributed by atoms with E-state index in [4.69, 9.17) is 11.6 Å². The summed E-state index contributed by atoms with van der Waals surface area (Å²) in [5.41, 5.74) is 2.14. The van der Waals surface area contributed by atoms with E-state index in [9.17, 15) is 22.8 Å². The van der Waals surface area contributed by atoms with Crippen LogP contribution in [0.1, 0.15) is 29.7 Å². The Morgan fingerprint density at radius 2 is 1.88 bits per heavy atom. The van der Waals surface area contributed by atoms with Gasteiger partial charge in [0.1, 0.15) is 10.9 Å². The first-order chi connectivity index (χ1) is 16.0. The Morgan fingerprint density at radius 3 is 2.56 bits per heavy atom. The highest BCUT2D eigenvalue weighted by Crippen LogP contribution is 2.35. The van der Waals surface area contributed by atoms with Crippen LogP contribution in [0.25, 0.3) is 21.3 Å². The molecule has 4 rings (SSSR count). The van der Waals surface area contributed by atoms with Gasteiger partial charge in [-0.1, -0.05) is 35.4 Å². The molecule has 0 fully saturated rings. The van der Waals surface area contributed by atoms with Crippen molar-refractivity contribution in [3.05, 3.63) is 80.2 Å². The summed E-state index contributed by atoms with van der Waals surface area (Å²) in [6, 6.07) is 7.50. The molecule has 1 atom stereocenters. The van der Waals surface area contributed by atoms with Gasteiger partial charge in [-0.15, -0.1) is 11.3 Å². The summed E-state index contributed by atoms with van der Waals surface area (Å²) in [5.74, 6) is -0.701. The molecule has 34 heavy (non-hydrogen) atoms. The second-order valence-electron chi connectivity index (χ2n) is 7.96. The molecule has 10 heteroatoms. The Hall–Kier alpha value is -3.17. The van der Waals surface area contributed by atoms with Crippen molar-refractivity contribution in [1.29, 1.82) is 0 Å². The fraction of sp³-hybridized carbons (Fsp3) is 0.208. The van der Waals surface area contributed by atoms with Crippen LogP contribution >= 0.6 is 22.9 Å². The van der Waals surface area contributed by atoms with Gasteiger partial charge in [0, 0.05) is 10.9 Å². The van der Waals surface area contributed by atoms with E-state index in [0.29, 0.717) is 10.2 Å². The van der Waals surface area contributed by atoms with Crippen LogP contribution in [0.4, 0.5) is 18.9 Å². The van der Waals surface area contributed by atoms with Crippen molar-refractivity contribution in [2.75, 3.05) is 5.32 Å². The molecule has 0 aliphatic carbocycles. The lowest BCUT2D eigenvalue weighted by atomic mass is 9.99. The summed E-state index contributed by atoms with van der Waals surface area (Å²) in [6.07, 6.45) is -3.32. The Kier molecular flexibility index (Phi) is 6.26. The van der Waals surface area contributed by atoms with E-state index in [1.165, 1.54) is 29.2 Å². The summed E-state index contributed by atoms with van der Waals surface area (Å²) in [4.78, 5) is 31.1. The van der Waals surface area contributed by atoms with E-state index >= 15 is 0 Å². The molecule has 0 radical (unpaired) electrons. The van der Waals surface area contributed by atoms with Gasteiger partial charge in [-0.3, -0.25) is 14.2 Å². The van der Waals surface area contributed by atoms with E-state index in [1.807, 2.05) is 37.4 Å². The number of alkyl halides is 3. The van der Waals surface area contributed by atoms with Gasteiger partial charge in [-0.05, 0) is 50.1 Å². The fourth-order valence-electron chi connectivity index (χ4n) is 3.70. The van der Waals surface area contributed by atoms with Gasteiger partial charge in [0.05, 0.1) is 28.0 Å². The van der Waals surface area contributed by atoms with Gasteiger partial charge >= 0.3 is 6.18 Å². The maximum atomic E-state index is 13.4. The van der Waals surface area contributed by atoms with E-state index in [2.05, 4.69) is 10.3 Å². The molecule has 1 unspecified atom stereocenters. The molecule has 0 aliphatic heterocycles. The molecule has 1 N–H and O–H groups in total. The summed E-state index contributed by atoms with van der Waals surface area (Å²) in [6.45, 7) is 5.40. The molecule has 2 heterocycles. The minimum Gasteiger partial charge on any atom is -0.323 e. The number of amides is 1. The van der Waals surface area contributed by atoms with Crippen molar-refractivity contribution in [3.8, 4) is 11.1 Å². The first kappa shape index (κ1) is 24.0. The zero-order chi connectivity index (χ0) is 24.8. The maximum Gasteiger partial charge on any atom is 0.416 e. The molecule has 176 valence electrons. The molecular formula is C24H19ClF3N3O2S. The van der Waals surface area contributed by atoms with Crippen LogP contribution in [0.5, 0.6) is 0 Å². The molecule has 0 bridgehead atoms.